The number of carbonyl (C=O) groups is 1. The third kappa shape index (κ3) is 5.36. The molecule has 0 aliphatic carbocycles. The van der Waals surface area contributed by atoms with Gasteiger partial charge in [0.25, 0.3) is 0 Å². The predicted octanol–water partition coefficient (Wildman–Crippen LogP) is 3.85. The molecule has 3 nitrogen and oxygen atoms in total. The largest absolute Gasteiger partial charge is 0.399 e. The van der Waals surface area contributed by atoms with Gasteiger partial charge in [-0.1, -0.05) is 24.3 Å². The minimum absolute atomic E-state index is 0.0121. The van der Waals surface area contributed by atoms with Crippen molar-refractivity contribution in [1.82, 2.24) is 5.32 Å². The lowest BCUT2D eigenvalue weighted by atomic mass is 10.1. The Labute approximate surface area is 144 Å². The number of rotatable bonds is 6. The average Bonchev–Trinajstić information content (AvgIpc) is 2.50. The molecule has 3 N–H and O–H groups in total. The Morgan fingerprint density at radius 2 is 2.04 bits per heavy atom. The molecule has 0 aromatic heterocycles. The van der Waals surface area contributed by atoms with Gasteiger partial charge in [-0.15, -0.1) is 0 Å². The van der Waals surface area contributed by atoms with Crippen LogP contribution in [0.1, 0.15) is 24.5 Å². The van der Waals surface area contributed by atoms with Crippen molar-refractivity contribution in [3.8, 4) is 0 Å². The molecule has 0 aliphatic heterocycles. The van der Waals surface area contributed by atoms with Gasteiger partial charge < -0.3 is 11.1 Å². The number of halogens is 2. The highest BCUT2D eigenvalue weighted by Crippen LogP contribution is 2.18. The first-order chi connectivity index (χ1) is 11.0. The number of nitrogen functional groups attached to an aromatic ring is 1. The minimum atomic E-state index is -0.286. The second kappa shape index (κ2) is 8.11. The number of hydrogen-bond donors (Lipinski definition) is 2. The number of benzene rings is 2. The first kappa shape index (κ1) is 17.5. The van der Waals surface area contributed by atoms with Crippen molar-refractivity contribution >= 4 is 27.5 Å². The van der Waals surface area contributed by atoms with E-state index in [1.807, 2.05) is 31.2 Å². The van der Waals surface area contributed by atoms with E-state index in [1.54, 1.807) is 12.1 Å². The van der Waals surface area contributed by atoms with Crippen LogP contribution < -0.4 is 11.1 Å². The van der Waals surface area contributed by atoms with E-state index in [2.05, 4.69) is 21.2 Å². The van der Waals surface area contributed by atoms with Crippen molar-refractivity contribution < 1.29 is 9.18 Å². The zero-order valence-corrected chi connectivity index (χ0v) is 14.6. The average molecular weight is 379 g/mol. The molecule has 1 amide bonds. The fourth-order valence-corrected chi connectivity index (χ4v) is 2.85. The highest BCUT2D eigenvalue weighted by Gasteiger charge is 2.10. The molecule has 0 spiro atoms. The molecule has 0 radical (unpaired) electrons. The number of aryl methyl sites for hydroxylation is 1. The molecule has 0 saturated carbocycles. The van der Waals surface area contributed by atoms with Crippen molar-refractivity contribution in [2.45, 2.75) is 32.2 Å². The summed E-state index contributed by atoms with van der Waals surface area (Å²) in [5.74, 6) is -0.298. The molecule has 0 bridgehead atoms. The molecule has 1 atom stereocenters. The van der Waals surface area contributed by atoms with Crippen LogP contribution in [0.3, 0.4) is 0 Å². The van der Waals surface area contributed by atoms with Gasteiger partial charge in [-0.2, -0.15) is 0 Å². The number of hydrogen-bond acceptors (Lipinski definition) is 2. The first-order valence-corrected chi connectivity index (χ1v) is 8.31. The van der Waals surface area contributed by atoms with Gasteiger partial charge in [-0.05, 0) is 65.0 Å². The van der Waals surface area contributed by atoms with Crippen molar-refractivity contribution in [3.63, 3.8) is 0 Å². The summed E-state index contributed by atoms with van der Waals surface area (Å²) in [7, 11) is 0. The molecular formula is C18H20BrFN2O. The van der Waals surface area contributed by atoms with Gasteiger partial charge in [-0.3, -0.25) is 4.79 Å². The van der Waals surface area contributed by atoms with Crippen LogP contribution in [0.2, 0.25) is 0 Å². The van der Waals surface area contributed by atoms with E-state index in [4.69, 9.17) is 5.73 Å². The molecule has 23 heavy (non-hydrogen) atoms. The van der Waals surface area contributed by atoms with Crippen molar-refractivity contribution in [1.29, 1.82) is 0 Å². The van der Waals surface area contributed by atoms with Crippen molar-refractivity contribution in [2.75, 3.05) is 5.73 Å². The summed E-state index contributed by atoms with van der Waals surface area (Å²) >= 11 is 3.17. The summed E-state index contributed by atoms with van der Waals surface area (Å²) in [6, 6.07) is 12.4. The normalized spacial score (nSPS) is 12.0. The van der Waals surface area contributed by atoms with Gasteiger partial charge in [0.2, 0.25) is 5.91 Å². The second-order valence-corrected chi connectivity index (χ2v) is 6.47. The highest BCUT2D eigenvalue weighted by atomic mass is 79.9. The lowest BCUT2D eigenvalue weighted by molar-refractivity contribution is -0.121. The number of nitrogens with one attached hydrogen (secondary N) is 1. The van der Waals surface area contributed by atoms with E-state index < -0.39 is 0 Å². The Kier molecular flexibility index (Phi) is 6.16. The van der Waals surface area contributed by atoms with Crippen LogP contribution in [0.15, 0.2) is 46.9 Å². The molecule has 2 aromatic carbocycles. The quantitative estimate of drug-likeness (QED) is 0.750. The van der Waals surface area contributed by atoms with E-state index in [1.165, 1.54) is 6.07 Å². The number of amides is 1. The second-order valence-electron chi connectivity index (χ2n) is 5.62. The van der Waals surface area contributed by atoms with E-state index >= 15 is 0 Å². The molecule has 0 aliphatic rings. The Hall–Kier alpha value is -1.88. The summed E-state index contributed by atoms with van der Waals surface area (Å²) in [6.07, 6.45) is 1.66. The van der Waals surface area contributed by atoms with E-state index in [9.17, 15) is 9.18 Å². The van der Waals surface area contributed by atoms with E-state index in [-0.39, 0.29) is 17.8 Å². The fraction of sp³-hybridized carbons (Fsp3) is 0.278. The molecule has 1 unspecified atom stereocenters. The number of nitrogens with two attached hydrogens (primary N) is 1. The topological polar surface area (TPSA) is 55.1 Å². The van der Waals surface area contributed by atoms with E-state index in [0.29, 0.717) is 29.4 Å². The molecule has 0 heterocycles. The third-order valence-corrected chi connectivity index (χ3v) is 4.22. The SMILES string of the molecule is CC(Cc1ccc(F)c(Br)c1)NC(=O)CCc1ccccc1N. The smallest absolute Gasteiger partial charge is 0.220 e. The summed E-state index contributed by atoms with van der Waals surface area (Å²) in [4.78, 5) is 12.0. The zero-order valence-electron chi connectivity index (χ0n) is 13.0. The lowest BCUT2D eigenvalue weighted by Crippen LogP contribution is -2.34. The van der Waals surface area contributed by atoms with Gasteiger partial charge in [0.05, 0.1) is 4.47 Å². The van der Waals surface area contributed by atoms with Crippen molar-refractivity contribution in [3.05, 3.63) is 63.9 Å². The van der Waals surface area contributed by atoms with Crippen LogP contribution >= 0.6 is 15.9 Å². The maximum Gasteiger partial charge on any atom is 0.220 e. The van der Waals surface area contributed by atoms with Gasteiger partial charge in [-0.25, -0.2) is 4.39 Å². The first-order valence-electron chi connectivity index (χ1n) is 7.52. The minimum Gasteiger partial charge on any atom is -0.399 e. The predicted molar refractivity (Wildman–Crippen MR) is 94.6 cm³/mol. The Morgan fingerprint density at radius 1 is 1.30 bits per heavy atom. The van der Waals surface area contributed by atoms with Crippen LogP contribution in [0.5, 0.6) is 0 Å². The van der Waals surface area contributed by atoms with Gasteiger partial charge in [0, 0.05) is 18.2 Å². The molecule has 122 valence electrons. The maximum absolute atomic E-state index is 13.2. The van der Waals surface area contributed by atoms with Crippen LogP contribution in [-0.4, -0.2) is 11.9 Å². The van der Waals surface area contributed by atoms with Gasteiger partial charge in [0.15, 0.2) is 0 Å². The van der Waals surface area contributed by atoms with Crippen LogP contribution in [0, 0.1) is 5.82 Å². The van der Waals surface area contributed by atoms with Gasteiger partial charge in [0.1, 0.15) is 5.82 Å². The number of anilines is 1. The molecular weight excluding hydrogens is 359 g/mol. The zero-order chi connectivity index (χ0) is 16.8. The number of para-hydroxylation sites is 1. The van der Waals surface area contributed by atoms with Crippen LogP contribution in [0.25, 0.3) is 0 Å². The molecule has 0 saturated heterocycles. The van der Waals surface area contributed by atoms with Crippen LogP contribution in [-0.2, 0) is 17.6 Å². The third-order valence-electron chi connectivity index (χ3n) is 3.61. The Morgan fingerprint density at radius 3 is 2.74 bits per heavy atom. The number of carbonyl (C=O) groups excluding carboxylic acids is 1. The van der Waals surface area contributed by atoms with Crippen LogP contribution in [0.4, 0.5) is 10.1 Å². The van der Waals surface area contributed by atoms with E-state index in [0.717, 1.165) is 11.1 Å². The molecule has 5 heteroatoms. The summed E-state index contributed by atoms with van der Waals surface area (Å²) in [5.41, 5.74) is 8.54. The molecule has 0 fully saturated rings. The van der Waals surface area contributed by atoms with Crippen molar-refractivity contribution in [2.24, 2.45) is 0 Å². The monoisotopic (exact) mass is 378 g/mol. The van der Waals surface area contributed by atoms with Gasteiger partial charge >= 0.3 is 0 Å². The highest BCUT2D eigenvalue weighted by molar-refractivity contribution is 9.10. The maximum atomic E-state index is 13.2. The molecule has 2 rings (SSSR count). The summed E-state index contributed by atoms with van der Waals surface area (Å²) < 4.78 is 13.7. The fourth-order valence-electron chi connectivity index (χ4n) is 2.43. The Bertz CT molecular complexity index is 690. The summed E-state index contributed by atoms with van der Waals surface area (Å²) in [6.45, 7) is 1.94. The molecule has 2 aromatic rings. The lowest BCUT2D eigenvalue weighted by Gasteiger charge is -2.14. The Balaban J connectivity index is 1.82. The standard InChI is InChI=1S/C18H20BrFN2O/c1-12(10-13-6-8-16(20)15(19)11-13)22-18(23)9-7-14-4-2-3-5-17(14)21/h2-6,8,11-12H,7,9-10,21H2,1H3,(H,22,23). The summed E-state index contributed by atoms with van der Waals surface area (Å²) in [5, 5.41) is 2.96.